The molecule has 1 aromatic rings. The smallest absolute Gasteiger partial charge is 0.110 e. The van der Waals surface area contributed by atoms with Crippen LogP contribution >= 0.6 is 11.3 Å². The van der Waals surface area contributed by atoms with Crippen LogP contribution in [0, 0.1) is 11.3 Å². The minimum Gasteiger partial charge on any atom is -0.321 e. The van der Waals surface area contributed by atoms with Crippen molar-refractivity contribution >= 4 is 11.3 Å². The highest BCUT2D eigenvalue weighted by Crippen LogP contribution is 2.18. The Morgan fingerprint density at radius 3 is 3.00 bits per heavy atom. The van der Waals surface area contributed by atoms with E-state index in [9.17, 15) is 0 Å². The van der Waals surface area contributed by atoms with Gasteiger partial charge in [0.05, 0.1) is 0 Å². The van der Waals surface area contributed by atoms with E-state index in [0.717, 1.165) is 5.56 Å². The maximum atomic E-state index is 8.50. The standard InChI is InChI=1S/C8H8N2S/c1-2-8(10)6-3-7(4-9)11-5-6/h2-3,5,8H,1,10H2. The highest BCUT2D eigenvalue weighted by Gasteiger charge is 2.03. The molecule has 0 saturated heterocycles. The molecule has 1 aromatic heterocycles. The Kier molecular flexibility index (Phi) is 2.42. The summed E-state index contributed by atoms with van der Waals surface area (Å²) in [7, 11) is 0. The molecule has 1 atom stereocenters. The zero-order valence-corrected chi connectivity index (χ0v) is 6.77. The van der Waals surface area contributed by atoms with E-state index < -0.39 is 0 Å². The van der Waals surface area contributed by atoms with E-state index in [1.54, 1.807) is 12.1 Å². The summed E-state index contributed by atoms with van der Waals surface area (Å²) in [5, 5.41) is 10.4. The third-order valence-electron chi connectivity index (χ3n) is 1.37. The number of nitrogens with zero attached hydrogens (tertiary/aromatic N) is 1. The van der Waals surface area contributed by atoms with Gasteiger partial charge in [0.1, 0.15) is 10.9 Å². The third kappa shape index (κ3) is 1.67. The van der Waals surface area contributed by atoms with Crippen LogP contribution in [0.1, 0.15) is 16.5 Å². The Morgan fingerprint density at radius 1 is 1.82 bits per heavy atom. The second kappa shape index (κ2) is 3.33. The van der Waals surface area contributed by atoms with Crippen molar-refractivity contribution in [1.82, 2.24) is 0 Å². The molecule has 1 unspecified atom stereocenters. The summed E-state index contributed by atoms with van der Waals surface area (Å²) in [4.78, 5) is 0.692. The molecule has 1 heterocycles. The summed E-state index contributed by atoms with van der Waals surface area (Å²) < 4.78 is 0. The fraction of sp³-hybridized carbons (Fsp3) is 0.125. The lowest BCUT2D eigenvalue weighted by Crippen LogP contribution is -2.04. The minimum absolute atomic E-state index is 0.145. The molecule has 0 bridgehead atoms. The van der Waals surface area contributed by atoms with Gasteiger partial charge in [-0.05, 0) is 17.0 Å². The van der Waals surface area contributed by atoms with Gasteiger partial charge in [-0.2, -0.15) is 5.26 Å². The summed E-state index contributed by atoms with van der Waals surface area (Å²) in [5.41, 5.74) is 6.60. The van der Waals surface area contributed by atoms with Gasteiger partial charge in [0.2, 0.25) is 0 Å². The van der Waals surface area contributed by atoms with Gasteiger partial charge in [-0.25, -0.2) is 0 Å². The minimum atomic E-state index is -0.145. The molecule has 3 heteroatoms. The van der Waals surface area contributed by atoms with Crippen LogP contribution in [0.3, 0.4) is 0 Å². The van der Waals surface area contributed by atoms with Crippen LogP contribution in [0.25, 0.3) is 0 Å². The number of hydrogen-bond acceptors (Lipinski definition) is 3. The van der Waals surface area contributed by atoms with Crippen molar-refractivity contribution in [2.24, 2.45) is 5.73 Å². The SMILES string of the molecule is C=CC(N)c1csc(C#N)c1. The van der Waals surface area contributed by atoms with Gasteiger partial charge in [-0.1, -0.05) is 6.08 Å². The Hall–Kier alpha value is -1.11. The van der Waals surface area contributed by atoms with E-state index in [-0.39, 0.29) is 6.04 Å². The van der Waals surface area contributed by atoms with Crippen molar-refractivity contribution in [3.8, 4) is 6.07 Å². The predicted molar refractivity (Wildman–Crippen MR) is 46.2 cm³/mol. The quantitative estimate of drug-likeness (QED) is 0.677. The molecule has 0 spiro atoms. The first-order valence-electron chi connectivity index (χ1n) is 3.14. The van der Waals surface area contributed by atoms with E-state index in [0.29, 0.717) is 4.88 Å². The molecule has 2 nitrogen and oxygen atoms in total. The molecular weight excluding hydrogens is 156 g/mol. The zero-order valence-electron chi connectivity index (χ0n) is 5.95. The zero-order chi connectivity index (χ0) is 8.27. The predicted octanol–water partition coefficient (Wildman–Crippen LogP) is 1.81. The average Bonchev–Trinajstić information content (AvgIpc) is 2.50. The van der Waals surface area contributed by atoms with E-state index >= 15 is 0 Å². The lowest BCUT2D eigenvalue weighted by molar-refractivity contribution is 0.921. The van der Waals surface area contributed by atoms with Crippen LogP contribution < -0.4 is 5.73 Å². The van der Waals surface area contributed by atoms with Gasteiger partial charge < -0.3 is 5.73 Å². The molecule has 2 N–H and O–H groups in total. The molecule has 0 saturated carbocycles. The van der Waals surface area contributed by atoms with E-state index in [1.807, 2.05) is 5.38 Å². The van der Waals surface area contributed by atoms with Crippen LogP contribution in [-0.4, -0.2) is 0 Å². The normalized spacial score (nSPS) is 12.0. The van der Waals surface area contributed by atoms with Gasteiger partial charge in [0.25, 0.3) is 0 Å². The van der Waals surface area contributed by atoms with Crippen LogP contribution in [0.15, 0.2) is 24.1 Å². The molecular formula is C8H8N2S. The molecule has 0 fully saturated rings. The summed E-state index contributed by atoms with van der Waals surface area (Å²) in [6.07, 6.45) is 1.66. The molecule has 11 heavy (non-hydrogen) atoms. The lowest BCUT2D eigenvalue weighted by atomic mass is 10.1. The molecule has 0 aliphatic heterocycles. The molecule has 0 radical (unpaired) electrons. The highest BCUT2D eigenvalue weighted by molar-refractivity contribution is 7.10. The average molecular weight is 164 g/mol. The van der Waals surface area contributed by atoms with Gasteiger partial charge in [0.15, 0.2) is 0 Å². The van der Waals surface area contributed by atoms with Crippen LogP contribution in [-0.2, 0) is 0 Å². The maximum absolute atomic E-state index is 8.50. The third-order valence-corrected chi connectivity index (χ3v) is 2.22. The van der Waals surface area contributed by atoms with Gasteiger partial charge in [-0.15, -0.1) is 17.9 Å². The Balaban J connectivity index is 2.90. The van der Waals surface area contributed by atoms with E-state index in [2.05, 4.69) is 12.6 Å². The van der Waals surface area contributed by atoms with Crippen LogP contribution in [0.2, 0.25) is 0 Å². The number of hydrogen-bond donors (Lipinski definition) is 1. The molecule has 1 rings (SSSR count). The fourth-order valence-corrected chi connectivity index (χ4v) is 1.47. The Bertz CT molecular complexity index is 295. The summed E-state index contributed by atoms with van der Waals surface area (Å²) in [6, 6.07) is 3.70. The van der Waals surface area contributed by atoms with Crippen molar-refractivity contribution in [1.29, 1.82) is 5.26 Å². The second-order valence-corrected chi connectivity index (χ2v) is 3.03. The number of nitrogens with two attached hydrogens (primary N) is 1. The highest BCUT2D eigenvalue weighted by atomic mass is 32.1. The molecule has 0 aliphatic carbocycles. The fourth-order valence-electron chi connectivity index (χ4n) is 0.720. The van der Waals surface area contributed by atoms with Crippen molar-refractivity contribution in [3.63, 3.8) is 0 Å². The first kappa shape index (κ1) is 7.99. The molecule has 0 amide bonds. The van der Waals surface area contributed by atoms with E-state index in [4.69, 9.17) is 11.0 Å². The topological polar surface area (TPSA) is 49.8 Å². The first-order chi connectivity index (χ1) is 5.27. The Labute approximate surface area is 69.6 Å². The molecule has 0 aromatic carbocycles. The summed E-state index contributed by atoms with van der Waals surface area (Å²) >= 11 is 1.40. The Morgan fingerprint density at radius 2 is 2.55 bits per heavy atom. The first-order valence-corrected chi connectivity index (χ1v) is 4.02. The number of nitriles is 1. The largest absolute Gasteiger partial charge is 0.321 e. The number of rotatable bonds is 2. The summed E-state index contributed by atoms with van der Waals surface area (Å²) in [6.45, 7) is 3.57. The molecule has 0 aliphatic rings. The van der Waals surface area contributed by atoms with Crippen molar-refractivity contribution < 1.29 is 0 Å². The van der Waals surface area contributed by atoms with Gasteiger partial charge in [-0.3, -0.25) is 0 Å². The molecule has 56 valence electrons. The van der Waals surface area contributed by atoms with Gasteiger partial charge >= 0.3 is 0 Å². The second-order valence-electron chi connectivity index (χ2n) is 2.12. The van der Waals surface area contributed by atoms with Crippen LogP contribution in [0.4, 0.5) is 0 Å². The van der Waals surface area contributed by atoms with Crippen molar-refractivity contribution in [2.75, 3.05) is 0 Å². The van der Waals surface area contributed by atoms with Crippen LogP contribution in [0.5, 0.6) is 0 Å². The maximum Gasteiger partial charge on any atom is 0.110 e. The van der Waals surface area contributed by atoms with Crippen molar-refractivity contribution in [3.05, 3.63) is 34.5 Å². The monoisotopic (exact) mass is 164 g/mol. The lowest BCUT2D eigenvalue weighted by Gasteiger charge is -1.99. The van der Waals surface area contributed by atoms with Crippen molar-refractivity contribution in [2.45, 2.75) is 6.04 Å². The summed E-state index contributed by atoms with van der Waals surface area (Å²) in [5.74, 6) is 0. The van der Waals surface area contributed by atoms with E-state index in [1.165, 1.54) is 11.3 Å². The van der Waals surface area contributed by atoms with Gasteiger partial charge in [0, 0.05) is 6.04 Å². The number of thiophene rings is 1.